The standard InChI is InChI=1S/C13H16N4O/c1-2-4-12-11(3-1)13(9-16-17-12)15-8-10-7-14-5-6-18-10/h1-4,9-10,14H,5-8H2,(H,15,17). The van der Waals surface area contributed by atoms with E-state index in [9.17, 15) is 0 Å². The van der Waals surface area contributed by atoms with Gasteiger partial charge in [0.25, 0.3) is 0 Å². The summed E-state index contributed by atoms with van der Waals surface area (Å²) in [6.07, 6.45) is 1.98. The molecule has 1 saturated heterocycles. The van der Waals surface area contributed by atoms with Crippen molar-refractivity contribution in [1.82, 2.24) is 15.5 Å². The molecular weight excluding hydrogens is 228 g/mol. The summed E-state index contributed by atoms with van der Waals surface area (Å²) in [6, 6.07) is 7.99. The number of rotatable bonds is 3. The molecule has 1 fully saturated rings. The molecule has 1 aliphatic heterocycles. The molecule has 5 heteroatoms. The van der Waals surface area contributed by atoms with Crippen LogP contribution in [0.2, 0.25) is 0 Å². The van der Waals surface area contributed by atoms with Gasteiger partial charge < -0.3 is 15.4 Å². The van der Waals surface area contributed by atoms with Gasteiger partial charge in [-0.1, -0.05) is 18.2 Å². The van der Waals surface area contributed by atoms with Gasteiger partial charge >= 0.3 is 0 Å². The second-order valence-corrected chi connectivity index (χ2v) is 4.35. The van der Waals surface area contributed by atoms with Gasteiger partial charge in [0.2, 0.25) is 0 Å². The SMILES string of the molecule is c1ccc2c(NCC3CNCCO3)cnnc2c1. The predicted octanol–water partition coefficient (Wildman–Crippen LogP) is 1.03. The van der Waals surface area contributed by atoms with Gasteiger partial charge in [0, 0.05) is 25.0 Å². The van der Waals surface area contributed by atoms with Crippen molar-refractivity contribution in [3.63, 3.8) is 0 Å². The highest BCUT2D eigenvalue weighted by molar-refractivity contribution is 5.90. The van der Waals surface area contributed by atoms with Gasteiger partial charge in [-0.05, 0) is 6.07 Å². The molecule has 1 aromatic heterocycles. The summed E-state index contributed by atoms with van der Waals surface area (Å²) < 4.78 is 5.65. The fourth-order valence-corrected chi connectivity index (χ4v) is 2.12. The van der Waals surface area contributed by atoms with Crippen molar-refractivity contribution in [2.24, 2.45) is 0 Å². The van der Waals surface area contributed by atoms with E-state index in [4.69, 9.17) is 4.74 Å². The van der Waals surface area contributed by atoms with Crippen molar-refractivity contribution in [1.29, 1.82) is 0 Å². The number of benzene rings is 1. The summed E-state index contributed by atoms with van der Waals surface area (Å²) in [6.45, 7) is 3.39. The summed E-state index contributed by atoms with van der Waals surface area (Å²) in [7, 11) is 0. The molecule has 1 unspecified atom stereocenters. The lowest BCUT2D eigenvalue weighted by molar-refractivity contribution is 0.0372. The number of nitrogens with one attached hydrogen (secondary N) is 2. The molecule has 2 heterocycles. The zero-order chi connectivity index (χ0) is 12.2. The molecule has 0 spiro atoms. The largest absolute Gasteiger partial charge is 0.381 e. The van der Waals surface area contributed by atoms with Crippen LogP contribution in [0.1, 0.15) is 0 Å². The van der Waals surface area contributed by atoms with Crippen LogP contribution in [0.15, 0.2) is 30.5 Å². The topological polar surface area (TPSA) is 59.1 Å². The van der Waals surface area contributed by atoms with E-state index in [1.54, 1.807) is 6.20 Å². The molecular formula is C13H16N4O. The van der Waals surface area contributed by atoms with Crippen LogP contribution in [0.5, 0.6) is 0 Å². The Kier molecular flexibility index (Phi) is 3.34. The van der Waals surface area contributed by atoms with E-state index in [1.807, 2.05) is 24.3 Å². The highest BCUT2D eigenvalue weighted by Crippen LogP contribution is 2.19. The van der Waals surface area contributed by atoms with E-state index in [0.717, 1.165) is 42.8 Å². The first kappa shape index (κ1) is 11.4. The zero-order valence-corrected chi connectivity index (χ0v) is 10.1. The number of fused-ring (bicyclic) bond motifs is 1. The van der Waals surface area contributed by atoms with E-state index in [2.05, 4.69) is 20.8 Å². The van der Waals surface area contributed by atoms with Gasteiger partial charge in [-0.15, -0.1) is 0 Å². The monoisotopic (exact) mass is 244 g/mol. The molecule has 2 aromatic rings. The summed E-state index contributed by atoms with van der Waals surface area (Å²) in [4.78, 5) is 0. The summed E-state index contributed by atoms with van der Waals surface area (Å²) in [5.41, 5.74) is 1.92. The Morgan fingerprint density at radius 1 is 1.39 bits per heavy atom. The lowest BCUT2D eigenvalue weighted by Crippen LogP contribution is -2.42. The van der Waals surface area contributed by atoms with E-state index < -0.39 is 0 Å². The second kappa shape index (κ2) is 5.29. The highest BCUT2D eigenvalue weighted by Gasteiger charge is 2.13. The minimum Gasteiger partial charge on any atom is -0.381 e. The summed E-state index contributed by atoms with van der Waals surface area (Å²) in [5.74, 6) is 0. The summed E-state index contributed by atoms with van der Waals surface area (Å²) in [5, 5.41) is 15.9. The van der Waals surface area contributed by atoms with Gasteiger partial charge in [-0.25, -0.2) is 0 Å². The van der Waals surface area contributed by atoms with Gasteiger partial charge in [0.15, 0.2) is 0 Å². The molecule has 0 aliphatic carbocycles. The molecule has 0 amide bonds. The van der Waals surface area contributed by atoms with Crippen molar-refractivity contribution in [2.75, 3.05) is 31.6 Å². The maximum Gasteiger partial charge on any atom is 0.0950 e. The molecule has 2 N–H and O–H groups in total. The molecule has 94 valence electrons. The van der Waals surface area contributed by atoms with Crippen molar-refractivity contribution < 1.29 is 4.74 Å². The number of morpholine rings is 1. The van der Waals surface area contributed by atoms with Crippen LogP contribution in [0.4, 0.5) is 5.69 Å². The third-order valence-corrected chi connectivity index (χ3v) is 3.07. The van der Waals surface area contributed by atoms with Crippen LogP contribution in [-0.2, 0) is 4.74 Å². The first-order valence-corrected chi connectivity index (χ1v) is 6.20. The molecule has 5 nitrogen and oxygen atoms in total. The number of anilines is 1. The predicted molar refractivity (Wildman–Crippen MR) is 70.6 cm³/mol. The van der Waals surface area contributed by atoms with Crippen LogP contribution < -0.4 is 10.6 Å². The molecule has 0 saturated carbocycles. The van der Waals surface area contributed by atoms with Gasteiger partial charge in [-0.3, -0.25) is 0 Å². The quantitative estimate of drug-likeness (QED) is 0.844. The third-order valence-electron chi connectivity index (χ3n) is 3.07. The Labute approximate surface area is 106 Å². The minimum absolute atomic E-state index is 0.214. The Morgan fingerprint density at radius 2 is 2.33 bits per heavy atom. The van der Waals surface area contributed by atoms with Crippen LogP contribution in [-0.4, -0.2) is 42.5 Å². The summed E-state index contributed by atoms with van der Waals surface area (Å²) >= 11 is 0. The average molecular weight is 244 g/mol. The number of aromatic nitrogens is 2. The van der Waals surface area contributed by atoms with Crippen LogP contribution in [0.3, 0.4) is 0 Å². The lowest BCUT2D eigenvalue weighted by atomic mass is 10.2. The van der Waals surface area contributed by atoms with Crippen LogP contribution >= 0.6 is 0 Å². The number of hydrogen-bond acceptors (Lipinski definition) is 5. The molecule has 1 atom stereocenters. The minimum atomic E-state index is 0.214. The smallest absolute Gasteiger partial charge is 0.0950 e. The average Bonchev–Trinajstić information content (AvgIpc) is 2.46. The van der Waals surface area contributed by atoms with Crippen molar-refractivity contribution in [3.05, 3.63) is 30.5 Å². The van der Waals surface area contributed by atoms with Gasteiger partial charge in [-0.2, -0.15) is 10.2 Å². The highest BCUT2D eigenvalue weighted by atomic mass is 16.5. The zero-order valence-electron chi connectivity index (χ0n) is 10.1. The van der Waals surface area contributed by atoms with E-state index in [0.29, 0.717) is 0 Å². The maximum absolute atomic E-state index is 5.65. The fraction of sp³-hybridized carbons (Fsp3) is 0.385. The van der Waals surface area contributed by atoms with E-state index in [1.165, 1.54) is 0 Å². The van der Waals surface area contributed by atoms with Crippen LogP contribution in [0.25, 0.3) is 10.9 Å². The lowest BCUT2D eigenvalue weighted by Gasteiger charge is -2.24. The Bertz CT molecular complexity index is 520. The Hall–Kier alpha value is -1.72. The fourth-order valence-electron chi connectivity index (χ4n) is 2.12. The van der Waals surface area contributed by atoms with Crippen LogP contribution in [0, 0.1) is 0 Å². The Balaban J connectivity index is 1.74. The third kappa shape index (κ3) is 2.42. The molecule has 3 rings (SSSR count). The maximum atomic E-state index is 5.65. The van der Waals surface area contributed by atoms with Gasteiger partial charge in [0.05, 0.1) is 30.1 Å². The number of ether oxygens (including phenoxy) is 1. The van der Waals surface area contributed by atoms with E-state index in [-0.39, 0.29) is 6.10 Å². The molecule has 1 aromatic carbocycles. The molecule has 0 bridgehead atoms. The molecule has 0 radical (unpaired) electrons. The van der Waals surface area contributed by atoms with Crippen molar-refractivity contribution in [2.45, 2.75) is 6.10 Å². The number of hydrogen-bond donors (Lipinski definition) is 2. The van der Waals surface area contributed by atoms with Crippen molar-refractivity contribution >= 4 is 16.6 Å². The van der Waals surface area contributed by atoms with Crippen molar-refractivity contribution in [3.8, 4) is 0 Å². The molecule has 18 heavy (non-hydrogen) atoms. The first-order valence-electron chi connectivity index (χ1n) is 6.20. The Morgan fingerprint density at radius 3 is 3.22 bits per heavy atom. The molecule has 1 aliphatic rings. The number of nitrogens with zero attached hydrogens (tertiary/aromatic N) is 2. The first-order chi connectivity index (χ1) is 8.93. The van der Waals surface area contributed by atoms with E-state index >= 15 is 0 Å². The second-order valence-electron chi connectivity index (χ2n) is 4.35. The van der Waals surface area contributed by atoms with Gasteiger partial charge in [0.1, 0.15) is 0 Å². The normalized spacial score (nSPS) is 19.9.